The summed E-state index contributed by atoms with van der Waals surface area (Å²) in [6, 6.07) is 16.0. The van der Waals surface area contributed by atoms with E-state index in [0.29, 0.717) is 11.3 Å². The first-order valence-corrected chi connectivity index (χ1v) is 8.03. The molecule has 0 aliphatic carbocycles. The van der Waals surface area contributed by atoms with E-state index in [4.69, 9.17) is 0 Å². The van der Waals surface area contributed by atoms with Crippen LogP contribution in [0.15, 0.2) is 65.5 Å². The van der Waals surface area contributed by atoms with Gasteiger partial charge < -0.3 is 20.4 Å². The number of benzene rings is 3. The summed E-state index contributed by atoms with van der Waals surface area (Å²) < 4.78 is 1.27. The van der Waals surface area contributed by atoms with Crippen molar-refractivity contribution >= 4 is 10.9 Å². The van der Waals surface area contributed by atoms with Gasteiger partial charge >= 0.3 is 0 Å². The zero-order valence-corrected chi connectivity index (χ0v) is 13.9. The Bertz CT molecular complexity index is 1220. The molecule has 4 rings (SSSR count). The molecule has 0 fully saturated rings. The Kier molecular flexibility index (Phi) is 3.70. The third-order valence-corrected chi connectivity index (χ3v) is 4.23. The quantitative estimate of drug-likeness (QED) is 0.408. The number of aromatic hydroxyl groups is 4. The average Bonchev–Trinajstić information content (AvgIpc) is 2.67. The number of aromatic nitrogens is 2. The molecule has 3 aromatic carbocycles. The Morgan fingerprint density at radius 1 is 0.815 bits per heavy atom. The van der Waals surface area contributed by atoms with Crippen molar-refractivity contribution in [2.75, 3.05) is 0 Å². The highest BCUT2D eigenvalue weighted by atomic mass is 16.3. The Balaban J connectivity index is 2.17. The van der Waals surface area contributed by atoms with Crippen LogP contribution in [-0.4, -0.2) is 30.0 Å². The van der Waals surface area contributed by atoms with E-state index < -0.39 is 22.8 Å². The van der Waals surface area contributed by atoms with Crippen molar-refractivity contribution < 1.29 is 20.4 Å². The number of hydrogen-bond donors (Lipinski definition) is 4. The van der Waals surface area contributed by atoms with Crippen LogP contribution in [-0.2, 0) is 0 Å². The maximum absolute atomic E-state index is 13.2. The minimum atomic E-state index is -0.786. The minimum Gasteiger partial charge on any atom is -0.508 e. The van der Waals surface area contributed by atoms with Gasteiger partial charge in [0.05, 0.1) is 11.2 Å². The van der Waals surface area contributed by atoms with Gasteiger partial charge in [0, 0.05) is 11.6 Å². The molecule has 0 atom stereocenters. The van der Waals surface area contributed by atoms with Crippen LogP contribution in [0.3, 0.4) is 0 Å². The van der Waals surface area contributed by atoms with E-state index in [2.05, 4.69) is 4.98 Å². The average molecular weight is 362 g/mol. The van der Waals surface area contributed by atoms with Crippen LogP contribution >= 0.6 is 0 Å². The monoisotopic (exact) mass is 362 g/mol. The van der Waals surface area contributed by atoms with E-state index in [1.54, 1.807) is 24.3 Å². The summed E-state index contributed by atoms with van der Waals surface area (Å²) in [5.74, 6) is -1.79. The van der Waals surface area contributed by atoms with Crippen molar-refractivity contribution in [3.05, 3.63) is 71.0 Å². The molecule has 0 amide bonds. The summed E-state index contributed by atoms with van der Waals surface area (Å²) in [7, 11) is 0. The van der Waals surface area contributed by atoms with E-state index in [0.717, 1.165) is 6.07 Å². The molecule has 0 saturated carbocycles. The van der Waals surface area contributed by atoms with Crippen molar-refractivity contribution in [2.45, 2.75) is 0 Å². The molecule has 27 heavy (non-hydrogen) atoms. The third-order valence-electron chi connectivity index (χ3n) is 4.23. The van der Waals surface area contributed by atoms with Crippen molar-refractivity contribution in [3.8, 4) is 40.1 Å². The third kappa shape index (κ3) is 2.62. The van der Waals surface area contributed by atoms with Crippen molar-refractivity contribution in [1.82, 2.24) is 9.55 Å². The molecular weight excluding hydrogens is 348 g/mol. The number of rotatable bonds is 2. The molecule has 4 aromatic rings. The molecule has 7 heteroatoms. The van der Waals surface area contributed by atoms with Crippen LogP contribution in [0, 0.1) is 0 Å². The highest BCUT2D eigenvalue weighted by Crippen LogP contribution is 2.39. The van der Waals surface area contributed by atoms with Gasteiger partial charge in [0.1, 0.15) is 17.0 Å². The highest BCUT2D eigenvalue weighted by Gasteiger charge is 2.20. The number of nitrogens with zero attached hydrogens (tertiary/aromatic N) is 2. The zero-order valence-electron chi connectivity index (χ0n) is 13.9. The molecule has 0 spiro atoms. The van der Waals surface area contributed by atoms with Gasteiger partial charge in [-0.15, -0.1) is 0 Å². The Labute approximate surface area is 152 Å². The molecule has 0 aliphatic heterocycles. The summed E-state index contributed by atoms with van der Waals surface area (Å²) in [5.41, 5.74) is 0.466. The van der Waals surface area contributed by atoms with Crippen LogP contribution < -0.4 is 5.56 Å². The molecule has 0 unspecified atom stereocenters. The largest absolute Gasteiger partial charge is 0.508 e. The van der Waals surface area contributed by atoms with Gasteiger partial charge in [0.15, 0.2) is 11.5 Å². The molecule has 4 N–H and O–H groups in total. The molecule has 0 radical (unpaired) electrons. The first-order chi connectivity index (χ1) is 13.0. The Morgan fingerprint density at radius 3 is 2.15 bits per heavy atom. The SMILES string of the molecule is O=c1c2c(O)c(O)c(O)cc2nc(-c2ccccc2)n1-c1ccc(O)cc1. The lowest BCUT2D eigenvalue weighted by Gasteiger charge is -2.15. The predicted molar refractivity (Wildman–Crippen MR) is 99.4 cm³/mol. The maximum atomic E-state index is 13.2. The van der Waals surface area contributed by atoms with Gasteiger partial charge in [-0.25, -0.2) is 4.98 Å². The van der Waals surface area contributed by atoms with E-state index >= 15 is 0 Å². The van der Waals surface area contributed by atoms with Gasteiger partial charge in [-0.2, -0.15) is 0 Å². The smallest absolute Gasteiger partial charge is 0.270 e. The van der Waals surface area contributed by atoms with Crippen LogP contribution in [0.5, 0.6) is 23.0 Å². The van der Waals surface area contributed by atoms with Gasteiger partial charge in [-0.1, -0.05) is 30.3 Å². The van der Waals surface area contributed by atoms with Crippen LogP contribution in [0.4, 0.5) is 0 Å². The molecule has 0 saturated heterocycles. The molecule has 0 aliphatic rings. The highest BCUT2D eigenvalue weighted by molar-refractivity contribution is 5.90. The molecule has 7 nitrogen and oxygen atoms in total. The second-order valence-corrected chi connectivity index (χ2v) is 5.95. The number of hydrogen-bond acceptors (Lipinski definition) is 6. The normalized spacial score (nSPS) is 11.0. The predicted octanol–water partition coefficient (Wildman–Crippen LogP) is 2.88. The Morgan fingerprint density at radius 2 is 1.48 bits per heavy atom. The fraction of sp³-hybridized carbons (Fsp3) is 0. The molecule has 134 valence electrons. The fourth-order valence-corrected chi connectivity index (χ4v) is 2.92. The van der Waals surface area contributed by atoms with Crippen LogP contribution in [0.25, 0.3) is 28.0 Å². The first kappa shape index (κ1) is 16.5. The summed E-state index contributed by atoms with van der Waals surface area (Å²) in [5, 5.41) is 39.1. The molecule has 0 bridgehead atoms. The zero-order chi connectivity index (χ0) is 19.1. The van der Waals surface area contributed by atoms with Gasteiger partial charge in [0.25, 0.3) is 5.56 Å². The van der Waals surface area contributed by atoms with Crippen LogP contribution in [0.2, 0.25) is 0 Å². The first-order valence-electron chi connectivity index (χ1n) is 8.03. The van der Waals surface area contributed by atoms with Crippen molar-refractivity contribution in [1.29, 1.82) is 0 Å². The van der Waals surface area contributed by atoms with Gasteiger partial charge in [-0.05, 0) is 24.3 Å². The second kappa shape index (κ2) is 6.06. The minimum absolute atomic E-state index is 0.0345. The van der Waals surface area contributed by atoms with Gasteiger partial charge in [-0.3, -0.25) is 9.36 Å². The molecule has 1 heterocycles. The second-order valence-electron chi connectivity index (χ2n) is 5.95. The summed E-state index contributed by atoms with van der Waals surface area (Å²) in [6.45, 7) is 0. The fourth-order valence-electron chi connectivity index (χ4n) is 2.92. The standard InChI is InChI=1S/C20H14N2O5/c23-13-8-6-12(7-9-13)22-19(11-4-2-1-3-5-11)21-14-10-15(24)17(25)18(26)16(14)20(22)27/h1-10,23-26H. The van der Waals surface area contributed by atoms with Crippen molar-refractivity contribution in [2.24, 2.45) is 0 Å². The topological polar surface area (TPSA) is 116 Å². The van der Waals surface area contributed by atoms with Gasteiger partial charge in [0.2, 0.25) is 5.75 Å². The Hall–Kier alpha value is -4.00. The molecule has 1 aromatic heterocycles. The van der Waals surface area contributed by atoms with E-state index in [-0.39, 0.29) is 22.5 Å². The lowest BCUT2D eigenvalue weighted by Crippen LogP contribution is -2.22. The van der Waals surface area contributed by atoms with Crippen molar-refractivity contribution in [3.63, 3.8) is 0 Å². The van der Waals surface area contributed by atoms with E-state index in [1.807, 2.05) is 6.07 Å². The van der Waals surface area contributed by atoms with E-state index in [1.165, 1.54) is 28.8 Å². The lowest BCUT2D eigenvalue weighted by molar-refractivity contribution is 0.371. The molecular formula is C20H14N2O5. The summed E-state index contributed by atoms with van der Waals surface area (Å²) >= 11 is 0. The van der Waals surface area contributed by atoms with E-state index in [9.17, 15) is 25.2 Å². The lowest BCUT2D eigenvalue weighted by atomic mass is 10.1. The maximum Gasteiger partial charge on any atom is 0.270 e. The summed E-state index contributed by atoms with van der Waals surface area (Å²) in [6.07, 6.45) is 0. The number of fused-ring (bicyclic) bond motifs is 1. The van der Waals surface area contributed by atoms with Crippen LogP contribution in [0.1, 0.15) is 0 Å². The number of phenols is 4. The number of phenolic OH excluding ortho intramolecular Hbond substituents is 4. The summed E-state index contributed by atoms with van der Waals surface area (Å²) in [4.78, 5) is 17.6.